The second kappa shape index (κ2) is 5.88. The van der Waals surface area contributed by atoms with Crippen molar-refractivity contribution in [2.45, 2.75) is 11.4 Å². The third-order valence-corrected chi connectivity index (χ3v) is 3.92. The van der Waals surface area contributed by atoms with Crippen LogP contribution in [0.5, 0.6) is 0 Å². The number of aromatic nitrogens is 1. The van der Waals surface area contributed by atoms with Gasteiger partial charge in [0.15, 0.2) is 9.84 Å². The summed E-state index contributed by atoms with van der Waals surface area (Å²) in [6.07, 6.45) is 2.60. The molecular formula is C13H13N3O4S. The normalized spacial score (nSPS) is 11.1. The zero-order chi connectivity index (χ0) is 15.5. The Morgan fingerprint density at radius 3 is 2.48 bits per heavy atom. The summed E-state index contributed by atoms with van der Waals surface area (Å²) in [6.45, 7) is 0.307. The second-order valence-corrected chi connectivity index (χ2v) is 6.41. The van der Waals surface area contributed by atoms with Crippen molar-refractivity contribution in [3.63, 3.8) is 0 Å². The Morgan fingerprint density at radius 2 is 1.90 bits per heavy atom. The molecule has 8 heteroatoms. The van der Waals surface area contributed by atoms with E-state index in [-0.39, 0.29) is 16.4 Å². The number of nitrogens with one attached hydrogen (secondary N) is 1. The van der Waals surface area contributed by atoms with Crippen molar-refractivity contribution in [2.75, 3.05) is 11.6 Å². The summed E-state index contributed by atoms with van der Waals surface area (Å²) in [5.41, 5.74) is 0.688. The van der Waals surface area contributed by atoms with Crippen molar-refractivity contribution < 1.29 is 13.3 Å². The third kappa shape index (κ3) is 3.76. The molecule has 0 radical (unpaired) electrons. The highest BCUT2D eigenvalue weighted by molar-refractivity contribution is 7.90. The lowest BCUT2D eigenvalue weighted by Crippen LogP contribution is -2.05. The minimum atomic E-state index is -3.23. The molecule has 21 heavy (non-hydrogen) atoms. The number of benzene rings is 1. The number of anilines is 1. The lowest BCUT2D eigenvalue weighted by molar-refractivity contribution is -0.384. The molecule has 1 N–H and O–H groups in total. The van der Waals surface area contributed by atoms with Crippen LogP contribution in [0.3, 0.4) is 0 Å². The predicted octanol–water partition coefficient (Wildman–Crippen LogP) is 2.01. The molecule has 0 aliphatic rings. The summed E-state index contributed by atoms with van der Waals surface area (Å²) < 4.78 is 22.7. The van der Waals surface area contributed by atoms with Crippen LogP contribution in [0.1, 0.15) is 5.56 Å². The Kier molecular flexibility index (Phi) is 4.18. The highest BCUT2D eigenvalue weighted by Crippen LogP contribution is 2.21. The average molecular weight is 307 g/mol. The minimum Gasteiger partial charge on any atom is -0.360 e. The van der Waals surface area contributed by atoms with E-state index in [2.05, 4.69) is 10.3 Å². The lowest BCUT2D eigenvalue weighted by atomic mass is 10.2. The standard InChI is InChI=1S/C13H13N3O4S/c1-21(19,20)11-6-4-10(5-7-11)9-15-13-12(16(17)18)3-2-8-14-13/h2-8H,9H2,1H3,(H,14,15). The first-order valence-corrected chi connectivity index (χ1v) is 7.89. The molecule has 1 aromatic carbocycles. The largest absolute Gasteiger partial charge is 0.360 e. The number of nitrogens with zero attached hydrogens (tertiary/aromatic N) is 2. The van der Waals surface area contributed by atoms with Gasteiger partial charge in [-0.1, -0.05) is 12.1 Å². The molecule has 0 fully saturated rings. The van der Waals surface area contributed by atoms with Crippen molar-refractivity contribution in [3.05, 3.63) is 58.3 Å². The van der Waals surface area contributed by atoms with E-state index in [4.69, 9.17) is 0 Å². The maximum atomic E-state index is 11.3. The summed E-state index contributed by atoms with van der Waals surface area (Å²) in [4.78, 5) is 14.5. The molecule has 0 atom stereocenters. The molecule has 0 aliphatic heterocycles. The minimum absolute atomic E-state index is 0.106. The summed E-state index contributed by atoms with van der Waals surface area (Å²) in [5.74, 6) is 0.176. The molecule has 1 heterocycles. The summed E-state index contributed by atoms with van der Waals surface area (Å²) in [5, 5.41) is 13.7. The molecule has 0 amide bonds. The van der Waals surface area contributed by atoms with E-state index in [1.54, 1.807) is 12.1 Å². The van der Waals surface area contributed by atoms with E-state index in [9.17, 15) is 18.5 Å². The van der Waals surface area contributed by atoms with Crippen LogP contribution in [0, 0.1) is 10.1 Å². The Bertz CT molecular complexity index is 757. The molecule has 7 nitrogen and oxygen atoms in total. The molecule has 0 spiro atoms. The number of sulfone groups is 1. The summed E-state index contributed by atoms with van der Waals surface area (Å²) >= 11 is 0. The van der Waals surface area contributed by atoms with Gasteiger partial charge in [-0.3, -0.25) is 10.1 Å². The second-order valence-electron chi connectivity index (χ2n) is 4.40. The van der Waals surface area contributed by atoms with Crippen LogP contribution in [-0.4, -0.2) is 24.6 Å². The Morgan fingerprint density at radius 1 is 1.24 bits per heavy atom. The number of hydrogen-bond acceptors (Lipinski definition) is 6. The molecule has 1 aromatic heterocycles. The highest BCUT2D eigenvalue weighted by atomic mass is 32.2. The predicted molar refractivity (Wildman–Crippen MR) is 77.8 cm³/mol. The van der Waals surface area contributed by atoms with Gasteiger partial charge in [0.1, 0.15) is 0 Å². The van der Waals surface area contributed by atoms with E-state index in [1.807, 2.05) is 0 Å². The fraction of sp³-hybridized carbons (Fsp3) is 0.154. The van der Waals surface area contributed by atoms with Gasteiger partial charge in [0.05, 0.1) is 9.82 Å². The molecular weight excluding hydrogens is 294 g/mol. The molecule has 0 saturated heterocycles. The van der Waals surface area contributed by atoms with Crippen LogP contribution >= 0.6 is 0 Å². The first kappa shape index (κ1) is 14.9. The van der Waals surface area contributed by atoms with Gasteiger partial charge in [-0.2, -0.15) is 0 Å². The Labute approximate surface area is 121 Å². The molecule has 110 valence electrons. The zero-order valence-corrected chi connectivity index (χ0v) is 12.0. The smallest absolute Gasteiger partial charge is 0.311 e. The quantitative estimate of drug-likeness (QED) is 0.669. The van der Waals surface area contributed by atoms with Gasteiger partial charge in [-0.05, 0) is 23.8 Å². The average Bonchev–Trinajstić information content (AvgIpc) is 2.45. The van der Waals surface area contributed by atoms with Gasteiger partial charge in [-0.25, -0.2) is 13.4 Å². The van der Waals surface area contributed by atoms with Crippen molar-refractivity contribution >= 4 is 21.3 Å². The van der Waals surface area contributed by atoms with Gasteiger partial charge < -0.3 is 5.32 Å². The van der Waals surface area contributed by atoms with Crippen molar-refractivity contribution in [2.24, 2.45) is 0 Å². The van der Waals surface area contributed by atoms with Crippen molar-refractivity contribution in [1.29, 1.82) is 0 Å². The molecule has 0 saturated carbocycles. The maximum absolute atomic E-state index is 11.3. The van der Waals surface area contributed by atoms with Crippen LogP contribution in [-0.2, 0) is 16.4 Å². The van der Waals surface area contributed by atoms with E-state index in [0.29, 0.717) is 6.54 Å². The van der Waals surface area contributed by atoms with Gasteiger partial charge in [0.2, 0.25) is 5.82 Å². The first-order valence-electron chi connectivity index (χ1n) is 6.00. The Hall–Kier alpha value is -2.48. The van der Waals surface area contributed by atoms with Gasteiger partial charge in [-0.15, -0.1) is 0 Å². The van der Waals surface area contributed by atoms with Crippen LogP contribution in [0.4, 0.5) is 11.5 Å². The highest BCUT2D eigenvalue weighted by Gasteiger charge is 2.13. The number of nitro groups is 1. The van der Waals surface area contributed by atoms with Crippen LogP contribution in [0.2, 0.25) is 0 Å². The number of rotatable bonds is 5. The lowest BCUT2D eigenvalue weighted by Gasteiger charge is -2.06. The molecule has 0 bridgehead atoms. The third-order valence-electron chi connectivity index (χ3n) is 2.79. The molecule has 2 rings (SSSR count). The van der Waals surface area contributed by atoms with E-state index in [0.717, 1.165) is 11.8 Å². The van der Waals surface area contributed by atoms with Gasteiger partial charge in [0, 0.05) is 25.1 Å². The fourth-order valence-corrected chi connectivity index (χ4v) is 2.35. The summed E-state index contributed by atoms with van der Waals surface area (Å²) in [7, 11) is -3.23. The Balaban J connectivity index is 2.12. The van der Waals surface area contributed by atoms with Gasteiger partial charge >= 0.3 is 5.69 Å². The topological polar surface area (TPSA) is 102 Å². The van der Waals surface area contributed by atoms with Crippen LogP contribution < -0.4 is 5.32 Å². The summed E-state index contributed by atoms with van der Waals surface area (Å²) in [6, 6.07) is 9.15. The van der Waals surface area contributed by atoms with E-state index >= 15 is 0 Å². The molecule has 0 unspecified atom stereocenters. The maximum Gasteiger partial charge on any atom is 0.311 e. The number of hydrogen-bond donors (Lipinski definition) is 1. The zero-order valence-electron chi connectivity index (χ0n) is 11.2. The van der Waals surface area contributed by atoms with Crippen molar-refractivity contribution in [3.8, 4) is 0 Å². The van der Waals surface area contributed by atoms with E-state index < -0.39 is 14.8 Å². The van der Waals surface area contributed by atoms with Crippen LogP contribution in [0.15, 0.2) is 47.5 Å². The first-order chi connectivity index (χ1) is 9.88. The fourth-order valence-electron chi connectivity index (χ4n) is 1.72. The molecule has 2 aromatic rings. The van der Waals surface area contributed by atoms with E-state index in [1.165, 1.54) is 30.5 Å². The SMILES string of the molecule is CS(=O)(=O)c1ccc(CNc2ncccc2[N+](=O)[O-])cc1. The van der Waals surface area contributed by atoms with Gasteiger partial charge in [0.25, 0.3) is 0 Å². The van der Waals surface area contributed by atoms with Crippen LogP contribution in [0.25, 0.3) is 0 Å². The number of pyridine rings is 1. The molecule has 0 aliphatic carbocycles. The monoisotopic (exact) mass is 307 g/mol. The van der Waals surface area contributed by atoms with Crippen molar-refractivity contribution in [1.82, 2.24) is 4.98 Å².